The van der Waals surface area contributed by atoms with Gasteiger partial charge in [-0.25, -0.2) is 12.8 Å². The molecule has 2 aliphatic heterocycles. The average Bonchev–Trinajstić information content (AvgIpc) is 3.32. The second-order valence-corrected chi connectivity index (χ2v) is 9.56. The van der Waals surface area contributed by atoms with E-state index in [2.05, 4.69) is 20.3 Å². The molecule has 2 heterocycles. The molecule has 2 aromatic carbocycles. The Balaban J connectivity index is 1.59. The second-order valence-electron chi connectivity index (χ2n) is 7.87. The van der Waals surface area contributed by atoms with Crippen LogP contribution in [0.15, 0.2) is 47.4 Å². The maximum Gasteiger partial charge on any atom is 0.261 e. The summed E-state index contributed by atoms with van der Waals surface area (Å²) in [5.74, 6) is -0.815. The van der Waals surface area contributed by atoms with Crippen molar-refractivity contribution >= 4 is 27.3 Å². The fourth-order valence-electron chi connectivity index (χ4n) is 3.87. The van der Waals surface area contributed by atoms with Gasteiger partial charge in [0, 0.05) is 44.9 Å². The van der Waals surface area contributed by atoms with E-state index < -0.39 is 15.8 Å². The molecule has 2 saturated heterocycles. The van der Waals surface area contributed by atoms with E-state index in [-0.39, 0.29) is 16.9 Å². The summed E-state index contributed by atoms with van der Waals surface area (Å²) in [4.78, 5) is 14.7. The van der Waals surface area contributed by atoms with Crippen LogP contribution in [0, 0.1) is 5.82 Å². The molecule has 1 amide bonds. The number of carbonyl (C=O) groups excluding carboxylic acids is 1. The fourth-order valence-corrected chi connectivity index (χ4v) is 4.94. The van der Waals surface area contributed by atoms with E-state index in [4.69, 9.17) is 4.74 Å². The van der Waals surface area contributed by atoms with Crippen molar-refractivity contribution in [3.8, 4) is 0 Å². The van der Waals surface area contributed by atoms with Crippen LogP contribution in [-0.2, 0) is 14.8 Å². The van der Waals surface area contributed by atoms with E-state index >= 15 is 0 Å². The number of benzene rings is 2. The zero-order valence-electron chi connectivity index (χ0n) is 17.6. The summed E-state index contributed by atoms with van der Waals surface area (Å²) in [6, 6.07) is 9.61. The van der Waals surface area contributed by atoms with Crippen LogP contribution in [0.3, 0.4) is 0 Å². The lowest BCUT2D eigenvalue weighted by Gasteiger charge is -2.31. The van der Waals surface area contributed by atoms with Crippen molar-refractivity contribution in [1.29, 1.82) is 0 Å². The first-order valence-electron chi connectivity index (χ1n) is 10.7. The molecular formula is C22H27FN4O4S. The first kappa shape index (κ1) is 22.5. The van der Waals surface area contributed by atoms with Crippen LogP contribution in [0.2, 0.25) is 0 Å². The maximum absolute atomic E-state index is 13.3. The molecule has 172 valence electrons. The summed E-state index contributed by atoms with van der Waals surface area (Å²) in [6.07, 6.45) is 1.90. The van der Waals surface area contributed by atoms with Gasteiger partial charge in [0.1, 0.15) is 5.82 Å². The Hall–Kier alpha value is -2.69. The van der Waals surface area contributed by atoms with Crippen LogP contribution in [0.5, 0.6) is 0 Å². The molecular weight excluding hydrogens is 435 g/mol. The number of amides is 1. The Morgan fingerprint density at radius 1 is 1.16 bits per heavy atom. The average molecular weight is 463 g/mol. The molecule has 0 spiro atoms. The number of anilines is 2. The molecule has 8 nitrogen and oxygen atoms in total. The summed E-state index contributed by atoms with van der Waals surface area (Å²) in [6.45, 7) is 4.07. The van der Waals surface area contributed by atoms with Crippen molar-refractivity contribution in [1.82, 2.24) is 10.6 Å². The van der Waals surface area contributed by atoms with Gasteiger partial charge in [-0.15, -0.1) is 0 Å². The molecule has 0 unspecified atom stereocenters. The van der Waals surface area contributed by atoms with Crippen LogP contribution < -0.4 is 20.3 Å². The third kappa shape index (κ3) is 5.37. The SMILES string of the molecule is O=C(NC[C@H]1CCCO1)c1ccc(N2CCNCC2)c(NS(=O)(=O)c2ccc(F)cc2)c1. The first-order chi connectivity index (χ1) is 15.4. The minimum absolute atomic E-state index is 0.00974. The van der Waals surface area contributed by atoms with E-state index in [1.807, 2.05) is 0 Å². The maximum atomic E-state index is 13.3. The smallest absolute Gasteiger partial charge is 0.261 e. The number of nitrogens with zero attached hydrogens (tertiary/aromatic N) is 1. The van der Waals surface area contributed by atoms with E-state index in [1.165, 1.54) is 12.1 Å². The van der Waals surface area contributed by atoms with Gasteiger partial charge >= 0.3 is 0 Å². The summed E-state index contributed by atoms with van der Waals surface area (Å²) >= 11 is 0. The van der Waals surface area contributed by atoms with Gasteiger partial charge in [0.05, 0.1) is 22.4 Å². The Bertz CT molecular complexity index is 1050. The van der Waals surface area contributed by atoms with Crippen LogP contribution >= 0.6 is 0 Å². The number of nitrogens with one attached hydrogen (secondary N) is 3. The Morgan fingerprint density at radius 3 is 2.59 bits per heavy atom. The lowest BCUT2D eigenvalue weighted by molar-refractivity contribution is 0.0858. The summed E-state index contributed by atoms with van der Waals surface area (Å²) < 4.78 is 47.3. The Labute approximate surface area is 187 Å². The normalized spacial score (nSPS) is 19.0. The Kier molecular flexibility index (Phi) is 6.92. The molecule has 0 aliphatic carbocycles. The number of sulfonamides is 1. The van der Waals surface area contributed by atoms with Crippen molar-refractivity contribution in [3.63, 3.8) is 0 Å². The number of halogens is 1. The van der Waals surface area contributed by atoms with E-state index in [1.54, 1.807) is 18.2 Å². The zero-order chi connectivity index (χ0) is 22.6. The quantitative estimate of drug-likeness (QED) is 0.582. The molecule has 10 heteroatoms. The molecule has 0 bridgehead atoms. The summed E-state index contributed by atoms with van der Waals surface area (Å²) in [5.41, 5.74) is 1.34. The van der Waals surface area contributed by atoms with E-state index in [0.29, 0.717) is 43.2 Å². The number of rotatable bonds is 7. The fraction of sp³-hybridized carbons (Fsp3) is 0.409. The van der Waals surface area contributed by atoms with Gasteiger partial charge in [0.2, 0.25) is 0 Å². The number of carbonyl (C=O) groups is 1. The molecule has 4 rings (SSSR count). The highest BCUT2D eigenvalue weighted by molar-refractivity contribution is 7.92. The van der Waals surface area contributed by atoms with Crippen molar-refractivity contribution in [2.75, 3.05) is 49.0 Å². The topological polar surface area (TPSA) is 99.8 Å². The molecule has 2 fully saturated rings. The third-order valence-corrected chi connectivity index (χ3v) is 6.98. The number of piperazine rings is 1. The molecule has 2 aliphatic rings. The molecule has 2 aromatic rings. The number of hydrogen-bond acceptors (Lipinski definition) is 6. The van der Waals surface area contributed by atoms with Gasteiger partial charge in [-0.05, 0) is 55.3 Å². The van der Waals surface area contributed by atoms with Crippen molar-refractivity contribution in [3.05, 3.63) is 53.8 Å². The molecule has 3 N–H and O–H groups in total. The summed E-state index contributed by atoms with van der Waals surface area (Å²) in [5, 5.41) is 6.13. The monoisotopic (exact) mass is 462 g/mol. The lowest BCUT2D eigenvalue weighted by atomic mass is 10.1. The van der Waals surface area contributed by atoms with Gasteiger partial charge < -0.3 is 20.3 Å². The van der Waals surface area contributed by atoms with Gasteiger partial charge in [0.25, 0.3) is 15.9 Å². The second kappa shape index (κ2) is 9.85. The van der Waals surface area contributed by atoms with Gasteiger partial charge in [0.15, 0.2) is 0 Å². The highest BCUT2D eigenvalue weighted by atomic mass is 32.2. The van der Waals surface area contributed by atoms with Crippen LogP contribution in [-0.4, -0.2) is 59.8 Å². The van der Waals surface area contributed by atoms with Crippen LogP contribution in [0.4, 0.5) is 15.8 Å². The van der Waals surface area contributed by atoms with Gasteiger partial charge in [-0.2, -0.15) is 0 Å². The van der Waals surface area contributed by atoms with Crippen molar-refractivity contribution < 1.29 is 22.3 Å². The first-order valence-corrected chi connectivity index (χ1v) is 12.2. The number of hydrogen-bond donors (Lipinski definition) is 3. The molecule has 0 saturated carbocycles. The minimum Gasteiger partial charge on any atom is -0.376 e. The van der Waals surface area contributed by atoms with Crippen LogP contribution in [0.1, 0.15) is 23.2 Å². The van der Waals surface area contributed by atoms with E-state index in [0.717, 1.165) is 38.1 Å². The standard InChI is InChI=1S/C22H27FN4O4S/c23-17-4-6-19(7-5-17)32(29,30)26-20-14-16(22(28)25-15-18-2-1-13-31-18)3-8-21(20)27-11-9-24-10-12-27/h3-8,14,18,24,26H,1-2,9-13,15H2,(H,25,28)/t18-/m1/s1. The predicted molar refractivity (Wildman–Crippen MR) is 120 cm³/mol. The largest absolute Gasteiger partial charge is 0.376 e. The lowest BCUT2D eigenvalue weighted by Crippen LogP contribution is -2.43. The third-order valence-electron chi connectivity index (χ3n) is 5.60. The van der Waals surface area contributed by atoms with E-state index in [9.17, 15) is 17.6 Å². The molecule has 32 heavy (non-hydrogen) atoms. The summed E-state index contributed by atoms with van der Waals surface area (Å²) in [7, 11) is -3.97. The van der Waals surface area contributed by atoms with Crippen LogP contribution in [0.25, 0.3) is 0 Å². The molecule has 0 aromatic heterocycles. The predicted octanol–water partition coefficient (Wildman–Crippen LogP) is 1.94. The highest BCUT2D eigenvalue weighted by Gasteiger charge is 2.22. The van der Waals surface area contributed by atoms with Gasteiger partial charge in [-0.3, -0.25) is 9.52 Å². The number of ether oxygens (including phenoxy) is 1. The highest BCUT2D eigenvalue weighted by Crippen LogP contribution is 2.30. The van der Waals surface area contributed by atoms with Crippen molar-refractivity contribution in [2.45, 2.75) is 23.8 Å². The molecule has 1 atom stereocenters. The van der Waals surface area contributed by atoms with Crippen molar-refractivity contribution in [2.24, 2.45) is 0 Å². The van der Waals surface area contributed by atoms with Gasteiger partial charge in [-0.1, -0.05) is 0 Å². The Morgan fingerprint density at radius 2 is 1.91 bits per heavy atom. The minimum atomic E-state index is -3.97. The molecule has 0 radical (unpaired) electrons. The zero-order valence-corrected chi connectivity index (χ0v) is 18.5.